The van der Waals surface area contributed by atoms with Gasteiger partial charge in [0.1, 0.15) is 5.82 Å². The lowest BCUT2D eigenvalue weighted by Gasteiger charge is -2.10. The van der Waals surface area contributed by atoms with Crippen LogP contribution < -0.4 is 10.6 Å². The Bertz CT molecular complexity index is 569. The summed E-state index contributed by atoms with van der Waals surface area (Å²) >= 11 is 3.29. The number of carbonyl (C=O) groups is 1. The van der Waals surface area contributed by atoms with E-state index in [0.29, 0.717) is 5.82 Å². The molecule has 2 aromatic rings. The molecule has 0 spiro atoms. The molecule has 0 saturated heterocycles. The second-order valence-corrected chi connectivity index (χ2v) is 4.87. The van der Waals surface area contributed by atoms with Crippen LogP contribution in [-0.4, -0.2) is 11.0 Å². The van der Waals surface area contributed by atoms with Crippen LogP contribution in [0.5, 0.6) is 0 Å². The van der Waals surface area contributed by atoms with Gasteiger partial charge in [-0.1, -0.05) is 25.1 Å². The molecule has 0 aliphatic rings. The average Bonchev–Trinajstić information content (AvgIpc) is 2.42. The standard InChI is InChI=1S/C14H14BrN3O/c1-2-10-5-3-4-6-12(10)17-14(19)18-13-8-7-11(15)9-16-13/h3-9H,2H2,1H3,(H2,16,17,18,19). The van der Waals surface area contributed by atoms with Crippen molar-refractivity contribution >= 4 is 33.5 Å². The minimum atomic E-state index is -0.296. The van der Waals surface area contributed by atoms with E-state index < -0.39 is 0 Å². The predicted molar refractivity (Wildman–Crippen MR) is 80.4 cm³/mol. The van der Waals surface area contributed by atoms with Gasteiger partial charge in [0.05, 0.1) is 0 Å². The van der Waals surface area contributed by atoms with Crippen LogP contribution in [-0.2, 0) is 6.42 Å². The number of hydrogen-bond acceptors (Lipinski definition) is 2. The highest BCUT2D eigenvalue weighted by atomic mass is 79.9. The summed E-state index contributed by atoms with van der Waals surface area (Å²) in [6.45, 7) is 2.05. The lowest BCUT2D eigenvalue weighted by Crippen LogP contribution is -2.20. The van der Waals surface area contributed by atoms with Gasteiger partial charge in [-0.05, 0) is 46.1 Å². The quantitative estimate of drug-likeness (QED) is 0.896. The third-order valence-corrected chi connectivity index (χ3v) is 3.08. The molecule has 0 saturated carbocycles. The lowest BCUT2D eigenvalue weighted by molar-refractivity contribution is 0.262. The average molecular weight is 320 g/mol. The normalized spacial score (nSPS) is 10.0. The first-order chi connectivity index (χ1) is 9.19. The Labute approximate surface area is 120 Å². The first-order valence-corrected chi connectivity index (χ1v) is 6.76. The van der Waals surface area contributed by atoms with Crippen molar-refractivity contribution in [3.8, 4) is 0 Å². The Morgan fingerprint density at radius 1 is 1.21 bits per heavy atom. The van der Waals surface area contributed by atoms with Crippen LogP contribution >= 0.6 is 15.9 Å². The van der Waals surface area contributed by atoms with Gasteiger partial charge in [0.15, 0.2) is 0 Å². The third kappa shape index (κ3) is 3.79. The van der Waals surface area contributed by atoms with Crippen molar-refractivity contribution in [2.45, 2.75) is 13.3 Å². The lowest BCUT2D eigenvalue weighted by atomic mass is 10.1. The van der Waals surface area contributed by atoms with Crippen molar-refractivity contribution in [2.75, 3.05) is 10.6 Å². The van der Waals surface area contributed by atoms with Crippen molar-refractivity contribution in [1.82, 2.24) is 4.98 Å². The van der Waals surface area contributed by atoms with Crippen molar-refractivity contribution < 1.29 is 4.79 Å². The van der Waals surface area contributed by atoms with Gasteiger partial charge in [0.25, 0.3) is 0 Å². The van der Waals surface area contributed by atoms with Crippen LogP contribution in [0.3, 0.4) is 0 Å². The van der Waals surface area contributed by atoms with E-state index in [4.69, 9.17) is 0 Å². The van der Waals surface area contributed by atoms with E-state index in [2.05, 4.69) is 38.5 Å². The van der Waals surface area contributed by atoms with Gasteiger partial charge in [-0.25, -0.2) is 9.78 Å². The number of amides is 2. The number of urea groups is 1. The SMILES string of the molecule is CCc1ccccc1NC(=O)Nc1ccc(Br)cn1. The number of hydrogen-bond donors (Lipinski definition) is 2. The molecule has 0 fully saturated rings. The van der Waals surface area contributed by atoms with Crippen molar-refractivity contribution in [2.24, 2.45) is 0 Å². The fourth-order valence-electron chi connectivity index (χ4n) is 1.67. The predicted octanol–water partition coefficient (Wildman–Crippen LogP) is 4.05. The number of rotatable bonds is 3. The molecule has 1 heterocycles. The van der Waals surface area contributed by atoms with E-state index in [1.807, 2.05) is 30.3 Å². The summed E-state index contributed by atoms with van der Waals surface area (Å²) in [5.74, 6) is 0.509. The second kappa shape index (κ2) is 6.33. The highest BCUT2D eigenvalue weighted by Crippen LogP contribution is 2.16. The third-order valence-electron chi connectivity index (χ3n) is 2.62. The molecule has 0 unspecified atom stereocenters. The molecule has 0 bridgehead atoms. The van der Waals surface area contributed by atoms with Gasteiger partial charge < -0.3 is 5.32 Å². The number of carbonyl (C=O) groups excluding carboxylic acids is 1. The minimum absolute atomic E-state index is 0.296. The number of nitrogens with one attached hydrogen (secondary N) is 2. The summed E-state index contributed by atoms with van der Waals surface area (Å²) < 4.78 is 0.870. The first kappa shape index (κ1) is 13.5. The number of aromatic nitrogens is 1. The Balaban J connectivity index is 2.03. The molecule has 5 heteroatoms. The number of nitrogens with zero attached hydrogens (tertiary/aromatic N) is 1. The Kier molecular flexibility index (Phi) is 4.52. The van der Waals surface area contributed by atoms with Gasteiger partial charge in [-0.2, -0.15) is 0 Å². The zero-order valence-electron chi connectivity index (χ0n) is 10.5. The van der Waals surface area contributed by atoms with E-state index in [-0.39, 0.29) is 6.03 Å². The molecule has 1 aromatic heterocycles. The maximum absolute atomic E-state index is 11.9. The Hall–Kier alpha value is -1.88. The Morgan fingerprint density at radius 2 is 2.00 bits per heavy atom. The smallest absolute Gasteiger partial charge is 0.307 e. The van der Waals surface area contributed by atoms with Crippen LogP contribution in [0.15, 0.2) is 47.1 Å². The van der Waals surface area contributed by atoms with Crippen LogP contribution in [0.1, 0.15) is 12.5 Å². The van der Waals surface area contributed by atoms with E-state index in [1.54, 1.807) is 12.3 Å². The highest BCUT2D eigenvalue weighted by Gasteiger charge is 2.06. The fraction of sp³-hybridized carbons (Fsp3) is 0.143. The number of halogens is 1. The second-order valence-electron chi connectivity index (χ2n) is 3.95. The zero-order valence-corrected chi connectivity index (χ0v) is 12.1. The molecule has 98 valence electrons. The van der Waals surface area contributed by atoms with Crippen molar-refractivity contribution in [3.05, 3.63) is 52.6 Å². The molecule has 1 aromatic carbocycles. The molecule has 0 radical (unpaired) electrons. The number of benzene rings is 1. The van der Waals surface area contributed by atoms with Crippen molar-refractivity contribution in [3.63, 3.8) is 0 Å². The van der Waals surface area contributed by atoms with Gasteiger partial charge in [-0.3, -0.25) is 5.32 Å². The summed E-state index contributed by atoms with van der Waals surface area (Å²) in [6.07, 6.45) is 2.50. The summed E-state index contributed by atoms with van der Waals surface area (Å²) in [5.41, 5.74) is 1.92. The molecule has 2 amide bonds. The summed E-state index contributed by atoms with van der Waals surface area (Å²) in [6, 6.07) is 11.0. The first-order valence-electron chi connectivity index (χ1n) is 5.96. The number of anilines is 2. The number of aryl methyl sites for hydroxylation is 1. The molecule has 2 N–H and O–H groups in total. The molecule has 19 heavy (non-hydrogen) atoms. The van der Waals surface area contributed by atoms with E-state index in [1.165, 1.54) is 0 Å². The van der Waals surface area contributed by atoms with Crippen molar-refractivity contribution in [1.29, 1.82) is 0 Å². The van der Waals surface area contributed by atoms with Crippen LogP contribution in [0.2, 0.25) is 0 Å². The molecule has 2 rings (SSSR count). The maximum atomic E-state index is 11.9. The summed E-state index contributed by atoms with van der Waals surface area (Å²) in [7, 11) is 0. The maximum Gasteiger partial charge on any atom is 0.324 e. The molecule has 0 aliphatic heterocycles. The molecular formula is C14H14BrN3O. The number of pyridine rings is 1. The monoisotopic (exact) mass is 319 g/mol. The molecule has 0 aliphatic carbocycles. The molecular weight excluding hydrogens is 306 g/mol. The van der Waals surface area contributed by atoms with E-state index in [0.717, 1.165) is 22.1 Å². The zero-order chi connectivity index (χ0) is 13.7. The summed E-state index contributed by atoms with van der Waals surface area (Å²) in [5, 5.41) is 5.51. The summed E-state index contributed by atoms with van der Waals surface area (Å²) in [4.78, 5) is 15.9. The minimum Gasteiger partial charge on any atom is -0.307 e. The van der Waals surface area contributed by atoms with Crippen LogP contribution in [0.4, 0.5) is 16.3 Å². The molecule has 0 atom stereocenters. The number of para-hydroxylation sites is 1. The van der Waals surface area contributed by atoms with Gasteiger partial charge in [0, 0.05) is 16.4 Å². The fourth-order valence-corrected chi connectivity index (χ4v) is 1.90. The highest BCUT2D eigenvalue weighted by molar-refractivity contribution is 9.10. The largest absolute Gasteiger partial charge is 0.324 e. The Morgan fingerprint density at radius 3 is 2.68 bits per heavy atom. The van der Waals surface area contributed by atoms with Crippen LogP contribution in [0.25, 0.3) is 0 Å². The topological polar surface area (TPSA) is 54.0 Å². The molecule has 4 nitrogen and oxygen atoms in total. The van der Waals surface area contributed by atoms with E-state index in [9.17, 15) is 4.79 Å². The van der Waals surface area contributed by atoms with Gasteiger partial charge in [0.2, 0.25) is 0 Å². The van der Waals surface area contributed by atoms with Gasteiger partial charge >= 0.3 is 6.03 Å². The van der Waals surface area contributed by atoms with Gasteiger partial charge in [-0.15, -0.1) is 0 Å². The van der Waals surface area contributed by atoms with E-state index >= 15 is 0 Å². The van der Waals surface area contributed by atoms with Crippen LogP contribution in [0, 0.1) is 0 Å².